The largest absolute Gasteiger partial charge is 0.416 e. The van der Waals surface area contributed by atoms with Crippen LogP contribution in [0.25, 0.3) is 0 Å². The molecule has 0 bridgehead atoms. The highest BCUT2D eigenvalue weighted by atomic mass is 32.2. The second kappa shape index (κ2) is 5.09. The summed E-state index contributed by atoms with van der Waals surface area (Å²) in [5, 5.41) is 7.42. The molecule has 0 aliphatic carbocycles. The predicted molar refractivity (Wildman–Crippen MR) is 62.7 cm³/mol. The van der Waals surface area contributed by atoms with E-state index in [1.807, 2.05) is 0 Å². The standard InChI is InChI=1S/C11H11F3N2O2S/c1-2-8(6-15)19(17,18)10-4-3-7(5-9(10)16)11(12,13)14/h3-5,8H,2,16H2,1H3. The van der Waals surface area contributed by atoms with E-state index >= 15 is 0 Å². The molecule has 0 saturated heterocycles. The van der Waals surface area contributed by atoms with Crippen molar-refractivity contribution in [2.75, 3.05) is 5.73 Å². The molecule has 19 heavy (non-hydrogen) atoms. The fourth-order valence-corrected chi connectivity index (χ4v) is 3.05. The molecule has 8 heteroatoms. The minimum absolute atomic E-state index is 0.0271. The topological polar surface area (TPSA) is 84.0 Å². The van der Waals surface area contributed by atoms with Gasteiger partial charge in [-0.05, 0) is 24.6 Å². The van der Waals surface area contributed by atoms with Crippen LogP contribution in [0.1, 0.15) is 18.9 Å². The zero-order valence-corrected chi connectivity index (χ0v) is 10.7. The van der Waals surface area contributed by atoms with Gasteiger partial charge < -0.3 is 5.73 Å². The maximum absolute atomic E-state index is 12.4. The Hall–Kier alpha value is -1.75. The van der Waals surface area contributed by atoms with Crippen LogP contribution in [0.4, 0.5) is 18.9 Å². The molecule has 104 valence electrons. The number of benzene rings is 1. The van der Waals surface area contributed by atoms with Crippen molar-refractivity contribution in [2.24, 2.45) is 0 Å². The predicted octanol–water partition coefficient (Wildman–Crippen LogP) is 2.36. The van der Waals surface area contributed by atoms with E-state index in [0.29, 0.717) is 12.1 Å². The van der Waals surface area contributed by atoms with Crippen molar-refractivity contribution in [2.45, 2.75) is 29.7 Å². The SMILES string of the molecule is CCC(C#N)S(=O)(=O)c1ccc(C(F)(F)F)cc1N. The molecule has 0 aliphatic rings. The van der Waals surface area contributed by atoms with Gasteiger partial charge in [0.25, 0.3) is 0 Å². The average Bonchev–Trinajstić information content (AvgIpc) is 2.28. The van der Waals surface area contributed by atoms with E-state index in [2.05, 4.69) is 0 Å². The van der Waals surface area contributed by atoms with Crippen LogP contribution in [-0.2, 0) is 16.0 Å². The van der Waals surface area contributed by atoms with Crippen LogP contribution < -0.4 is 5.73 Å². The van der Waals surface area contributed by atoms with Crippen LogP contribution in [0.15, 0.2) is 23.1 Å². The van der Waals surface area contributed by atoms with Crippen LogP contribution in [0.3, 0.4) is 0 Å². The fraction of sp³-hybridized carbons (Fsp3) is 0.364. The zero-order valence-electron chi connectivity index (χ0n) is 9.90. The lowest BCUT2D eigenvalue weighted by Gasteiger charge is -2.13. The summed E-state index contributed by atoms with van der Waals surface area (Å²) in [7, 11) is -4.05. The van der Waals surface area contributed by atoms with Crippen LogP contribution in [0, 0.1) is 11.3 Å². The molecule has 1 rings (SSSR count). The van der Waals surface area contributed by atoms with E-state index in [4.69, 9.17) is 11.0 Å². The summed E-state index contributed by atoms with van der Waals surface area (Å²) >= 11 is 0. The van der Waals surface area contributed by atoms with Gasteiger partial charge in [-0.2, -0.15) is 18.4 Å². The number of hydrogen-bond donors (Lipinski definition) is 1. The molecule has 1 unspecified atom stereocenters. The van der Waals surface area contributed by atoms with Gasteiger partial charge in [0.2, 0.25) is 0 Å². The molecule has 4 nitrogen and oxygen atoms in total. The van der Waals surface area contributed by atoms with Crippen LogP contribution in [-0.4, -0.2) is 13.7 Å². The monoisotopic (exact) mass is 292 g/mol. The maximum Gasteiger partial charge on any atom is 0.416 e. The van der Waals surface area contributed by atoms with Crippen LogP contribution in [0.2, 0.25) is 0 Å². The second-order valence-electron chi connectivity index (χ2n) is 3.82. The highest BCUT2D eigenvalue weighted by molar-refractivity contribution is 7.92. The molecular formula is C11H11F3N2O2S. The van der Waals surface area contributed by atoms with Gasteiger partial charge in [-0.3, -0.25) is 0 Å². The summed E-state index contributed by atoms with van der Waals surface area (Å²) in [6.45, 7) is 1.49. The quantitative estimate of drug-likeness (QED) is 0.867. The van der Waals surface area contributed by atoms with Crippen molar-refractivity contribution >= 4 is 15.5 Å². The minimum Gasteiger partial charge on any atom is -0.398 e. The summed E-state index contributed by atoms with van der Waals surface area (Å²) in [5.74, 6) is 0. The first kappa shape index (κ1) is 15.3. The van der Waals surface area contributed by atoms with E-state index in [9.17, 15) is 21.6 Å². The van der Waals surface area contributed by atoms with Crippen molar-refractivity contribution in [3.05, 3.63) is 23.8 Å². The molecule has 0 aliphatic heterocycles. The van der Waals surface area contributed by atoms with Crippen molar-refractivity contribution in [3.63, 3.8) is 0 Å². The molecule has 0 heterocycles. The lowest BCUT2D eigenvalue weighted by Crippen LogP contribution is -2.20. The fourth-order valence-electron chi connectivity index (χ4n) is 1.52. The number of anilines is 1. The highest BCUT2D eigenvalue weighted by Crippen LogP contribution is 2.33. The van der Waals surface area contributed by atoms with E-state index in [0.717, 1.165) is 6.07 Å². The van der Waals surface area contributed by atoms with Gasteiger partial charge in [-0.15, -0.1) is 0 Å². The Kier molecular flexibility index (Phi) is 4.10. The van der Waals surface area contributed by atoms with Crippen molar-refractivity contribution in [1.29, 1.82) is 5.26 Å². The first-order valence-corrected chi connectivity index (χ1v) is 6.79. The van der Waals surface area contributed by atoms with Gasteiger partial charge in [0.15, 0.2) is 15.1 Å². The molecular weight excluding hydrogens is 281 g/mol. The Labute approximate surface area is 108 Å². The number of nitrogen functional groups attached to an aromatic ring is 1. The second-order valence-corrected chi connectivity index (χ2v) is 5.92. The number of nitrogens with zero attached hydrogens (tertiary/aromatic N) is 1. The number of halogens is 3. The number of nitrogens with two attached hydrogens (primary N) is 1. The summed E-state index contributed by atoms with van der Waals surface area (Å²) in [4.78, 5) is -0.450. The molecule has 2 N–H and O–H groups in total. The van der Waals surface area contributed by atoms with Gasteiger partial charge in [-0.25, -0.2) is 8.42 Å². The first-order chi connectivity index (χ1) is 8.64. The van der Waals surface area contributed by atoms with Gasteiger partial charge in [0.05, 0.1) is 22.2 Å². The Balaban J connectivity index is 3.36. The Bertz CT molecular complexity index is 618. The number of sulfone groups is 1. The van der Waals surface area contributed by atoms with Crippen molar-refractivity contribution < 1.29 is 21.6 Å². The lowest BCUT2D eigenvalue weighted by atomic mass is 10.2. The molecule has 1 aromatic rings. The summed E-state index contributed by atoms with van der Waals surface area (Å²) in [6.07, 6.45) is -4.57. The van der Waals surface area contributed by atoms with Gasteiger partial charge >= 0.3 is 6.18 Å². The van der Waals surface area contributed by atoms with Gasteiger partial charge in [-0.1, -0.05) is 6.92 Å². The van der Waals surface area contributed by atoms with Gasteiger partial charge in [0, 0.05) is 0 Å². The average molecular weight is 292 g/mol. The minimum atomic E-state index is -4.60. The third-order valence-electron chi connectivity index (χ3n) is 2.53. The summed E-state index contributed by atoms with van der Waals surface area (Å²) in [5.41, 5.74) is 3.82. The molecule has 0 amide bonds. The molecule has 0 radical (unpaired) electrons. The molecule has 1 aromatic carbocycles. The number of hydrogen-bond acceptors (Lipinski definition) is 4. The molecule has 0 aromatic heterocycles. The Morgan fingerprint density at radius 1 is 1.42 bits per heavy atom. The lowest BCUT2D eigenvalue weighted by molar-refractivity contribution is -0.137. The number of rotatable bonds is 3. The molecule has 0 spiro atoms. The molecule has 0 saturated carbocycles. The normalized spacial score (nSPS) is 13.8. The van der Waals surface area contributed by atoms with E-state index < -0.39 is 37.4 Å². The van der Waals surface area contributed by atoms with Crippen LogP contribution in [0.5, 0.6) is 0 Å². The third-order valence-corrected chi connectivity index (χ3v) is 4.71. The third kappa shape index (κ3) is 2.98. The van der Waals surface area contributed by atoms with Crippen molar-refractivity contribution in [1.82, 2.24) is 0 Å². The van der Waals surface area contributed by atoms with Gasteiger partial charge in [0.1, 0.15) is 0 Å². The van der Waals surface area contributed by atoms with Crippen LogP contribution >= 0.6 is 0 Å². The van der Waals surface area contributed by atoms with E-state index in [1.54, 1.807) is 6.07 Å². The van der Waals surface area contributed by atoms with E-state index in [1.165, 1.54) is 6.92 Å². The number of alkyl halides is 3. The van der Waals surface area contributed by atoms with Crippen molar-refractivity contribution in [3.8, 4) is 6.07 Å². The maximum atomic E-state index is 12.4. The smallest absolute Gasteiger partial charge is 0.398 e. The Morgan fingerprint density at radius 2 is 2.00 bits per heavy atom. The van der Waals surface area contributed by atoms with E-state index in [-0.39, 0.29) is 6.42 Å². The number of nitriles is 1. The first-order valence-electron chi connectivity index (χ1n) is 5.24. The highest BCUT2D eigenvalue weighted by Gasteiger charge is 2.33. The zero-order chi connectivity index (χ0) is 14.8. The molecule has 1 atom stereocenters. The summed E-state index contributed by atoms with van der Waals surface area (Å²) < 4.78 is 61.3. The summed E-state index contributed by atoms with van der Waals surface area (Å²) in [6, 6.07) is 3.57. The molecule has 0 fully saturated rings. The Morgan fingerprint density at radius 3 is 2.37 bits per heavy atom.